The van der Waals surface area contributed by atoms with E-state index in [2.05, 4.69) is 25.3 Å². The number of rotatable bonds is 13. The Morgan fingerprint density at radius 3 is 2.59 bits per heavy atom. The van der Waals surface area contributed by atoms with Gasteiger partial charge in [0.05, 0.1) is 36.3 Å². The van der Waals surface area contributed by atoms with Crippen molar-refractivity contribution in [2.45, 2.75) is 52.8 Å². The summed E-state index contributed by atoms with van der Waals surface area (Å²) < 4.78 is 13.8. The molecule has 0 amide bonds. The fourth-order valence-electron chi connectivity index (χ4n) is 3.83. The molecule has 0 aliphatic carbocycles. The van der Waals surface area contributed by atoms with Gasteiger partial charge in [-0.1, -0.05) is 43.3 Å². The highest BCUT2D eigenvalue weighted by Gasteiger charge is 2.24. The van der Waals surface area contributed by atoms with E-state index in [0.717, 1.165) is 34.7 Å². The predicted molar refractivity (Wildman–Crippen MR) is 137 cm³/mol. The quantitative estimate of drug-likeness (QED) is 0.270. The number of para-hydroxylation sites is 1. The molecular weight excluding hydrogens is 426 g/mol. The van der Waals surface area contributed by atoms with Crippen LogP contribution in [0.15, 0.2) is 67.3 Å². The van der Waals surface area contributed by atoms with Crippen LogP contribution >= 0.6 is 0 Å². The van der Waals surface area contributed by atoms with Crippen LogP contribution < -0.4 is 4.74 Å². The van der Waals surface area contributed by atoms with Crippen molar-refractivity contribution in [3.05, 3.63) is 84.1 Å². The monoisotopic (exact) mass is 463 g/mol. The summed E-state index contributed by atoms with van der Waals surface area (Å²) in [5, 5.41) is 15.4. The van der Waals surface area contributed by atoms with Crippen LogP contribution in [0.3, 0.4) is 0 Å². The minimum Gasteiger partial charge on any atom is -0.439 e. The van der Waals surface area contributed by atoms with Gasteiger partial charge in [0.1, 0.15) is 5.75 Å². The molecule has 0 spiro atoms. The first-order chi connectivity index (χ1) is 16.4. The first kappa shape index (κ1) is 25.7. The summed E-state index contributed by atoms with van der Waals surface area (Å²) in [5.74, 6) is 1.46. The molecule has 6 nitrogen and oxygen atoms in total. The molecule has 3 aromatic rings. The van der Waals surface area contributed by atoms with Crippen molar-refractivity contribution < 1.29 is 14.6 Å². The summed E-state index contributed by atoms with van der Waals surface area (Å²) in [6.45, 7) is 13.8. The molecule has 0 radical (unpaired) electrons. The summed E-state index contributed by atoms with van der Waals surface area (Å²) in [4.78, 5) is 2.27. The van der Waals surface area contributed by atoms with Crippen molar-refractivity contribution in [1.29, 1.82) is 0 Å². The number of aliphatic hydroxyl groups is 1. The van der Waals surface area contributed by atoms with E-state index in [1.54, 1.807) is 6.08 Å². The highest BCUT2D eigenvalue weighted by atomic mass is 16.5. The smallest absolute Gasteiger partial charge is 0.227 e. The molecule has 0 bridgehead atoms. The minimum atomic E-state index is -0.598. The van der Waals surface area contributed by atoms with Crippen molar-refractivity contribution in [3.63, 3.8) is 0 Å². The summed E-state index contributed by atoms with van der Waals surface area (Å²) in [6, 6.07) is 18.3. The first-order valence-corrected chi connectivity index (χ1v) is 11.9. The maximum Gasteiger partial charge on any atom is 0.227 e. The molecule has 1 heterocycles. The van der Waals surface area contributed by atoms with Crippen molar-refractivity contribution in [1.82, 2.24) is 14.7 Å². The van der Waals surface area contributed by atoms with Crippen LogP contribution in [0.2, 0.25) is 0 Å². The van der Waals surface area contributed by atoms with E-state index in [1.165, 1.54) is 0 Å². The minimum absolute atomic E-state index is 0.264. The summed E-state index contributed by atoms with van der Waals surface area (Å²) in [5.41, 5.74) is 3.97. The Balaban J connectivity index is 1.96. The van der Waals surface area contributed by atoms with Crippen LogP contribution in [-0.4, -0.2) is 51.7 Å². The largest absolute Gasteiger partial charge is 0.439 e. The molecule has 6 heteroatoms. The van der Waals surface area contributed by atoms with Gasteiger partial charge < -0.3 is 14.6 Å². The Hall–Kier alpha value is -2.93. The fraction of sp³-hybridized carbons (Fsp3) is 0.393. The standard InChI is InChI=1S/C28H37N3O3/c1-6-16-33-20-25(32)18-30(22(4)7-2)19-27-23(5)29-31(24-13-9-8-10-14-24)28(27)34-26-15-11-12-21(3)17-26/h6,8-15,17,22,25,32H,1,7,16,18-20H2,2-5H3/t22-,25-/m0/s1. The highest BCUT2D eigenvalue weighted by molar-refractivity contribution is 5.43. The van der Waals surface area contributed by atoms with Gasteiger partial charge >= 0.3 is 0 Å². The Kier molecular flexibility index (Phi) is 9.45. The van der Waals surface area contributed by atoms with Crippen molar-refractivity contribution >= 4 is 0 Å². The Bertz CT molecular complexity index is 1050. The molecule has 0 aliphatic rings. The first-order valence-electron chi connectivity index (χ1n) is 11.9. The summed E-state index contributed by atoms with van der Waals surface area (Å²) in [6.07, 6.45) is 2.05. The summed E-state index contributed by atoms with van der Waals surface area (Å²) in [7, 11) is 0. The van der Waals surface area contributed by atoms with Crippen LogP contribution in [0, 0.1) is 13.8 Å². The average Bonchev–Trinajstić information content (AvgIpc) is 3.13. The number of ether oxygens (including phenoxy) is 2. The zero-order valence-electron chi connectivity index (χ0n) is 20.8. The van der Waals surface area contributed by atoms with Crippen molar-refractivity contribution in [2.24, 2.45) is 0 Å². The van der Waals surface area contributed by atoms with Gasteiger partial charge in [0.25, 0.3) is 0 Å². The third-order valence-corrected chi connectivity index (χ3v) is 5.91. The van der Waals surface area contributed by atoms with E-state index >= 15 is 0 Å². The van der Waals surface area contributed by atoms with Crippen LogP contribution in [0.25, 0.3) is 5.69 Å². The second kappa shape index (κ2) is 12.5. The molecule has 1 N–H and O–H groups in total. The SMILES string of the molecule is C=CCOC[C@@H](O)CN(Cc1c(C)nn(-c2ccccc2)c1Oc1cccc(C)c1)[C@@H](C)CC. The molecule has 0 fully saturated rings. The van der Waals surface area contributed by atoms with Gasteiger partial charge in [-0.05, 0) is 57.0 Å². The number of benzene rings is 2. The molecule has 2 atom stereocenters. The Morgan fingerprint density at radius 1 is 1.15 bits per heavy atom. The molecule has 1 aromatic heterocycles. The number of hydrogen-bond acceptors (Lipinski definition) is 5. The molecular formula is C28H37N3O3. The van der Waals surface area contributed by atoms with E-state index in [9.17, 15) is 5.11 Å². The lowest BCUT2D eigenvalue weighted by molar-refractivity contribution is 0.0155. The number of aromatic nitrogens is 2. The van der Waals surface area contributed by atoms with E-state index in [4.69, 9.17) is 14.6 Å². The topological polar surface area (TPSA) is 59.8 Å². The lowest BCUT2D eigenvalue weighted by Crippen LogP contribution is -2.40. The third kappa shape index (κ3) is 6.79. The van der Waals surface area contributed by atoms with E-state index in [-0.39, 0.29) is 12.6 Å². The van der Waals surface area contributed by atoms with Crippen LogP contribution in [-0.2, 0) is 11.3 Å². The van der Waals surface area contributed by atoms with Gasteiger partial charge in [0.15, 0.2) is 0 Å². The molecule has 2 aromatic carbocycles. The lowest BCUT2D eigenvalue weighted by atomic mass is 10.1. The van der Waals surface area contributed by atoms with Crippen LogP contribution in [0.4, 0.5) is 0 Å². The fourth-order valence-corrected chi connectivity index (χ4v) is 3.83. The normalized spacial score (nSPS) is 13.1. The molecule has 0 unspecified atom stereocenters. The third-order valence-electron chi connectivity index (χ3n) is 5.91. The van der Waals surface area contributed by atoms with Gasteiger partial charge in [-0.15, -0.1) is 6.58 Å². The van der Waals surface area contributed by atoms with Gasteiger partial charge in [-0.25, -0.2) is 4.68 Å². The molecule has 34 heavy (non-hydrogen) atoms. The second-order valence-corrected chi connectivity index (χ2v) is 8.70. The zero-order chi connectivity index (χ0) is 24.5. The Morgan fingerprint density at radius 2 is 1.91 bits per heavy atom. The zero-order valence-corrected chi connectivity index (χ0v) is 20.8. The van der Waals surface area contributed by atoms with E-state index < -0.39 is 6.10 Å². The van der Waals surface area contributed by atoms with Crippen LogP contribution in [0.1, 0.15) is 37.1 Å². The number of nitrogens with zero attached hydrogens (tertiary/aromatic N) is 3. The van der Waals surface area contributed by atoms with Crippen molar-refractivity contribution in [2.75, 3.05) is 19.8 Å². The molecule has 0 saturated heterocycles. The van der Waals surface area contributed by atoms with Crippen LogP contribution in [0.5, 0.6) is 11.6 Å². The van der Waals surface area contributed by atoms with E-state index in [1.807, 2.05) is 73.1 Å². The number of hydrogen-bond donors (Lipinski definition) is 1. The predicted octanol–water partition coefficient (Wildman–Crippen LogP) is 5.45. The maximum absolute atomic E-state index is 10.6. The van der Waals surface area contributed by atoms with E-state index in [0.29, 0.717) is 25.6 Å². The van der Waals surface area contributed by atoms with Gasteiger partial charge in [-0.2, -0.15) is 5.10 Å². The average molecular weight is 464 g/mol. The highest BCUT2D eigenvalue weighted by Crippen LogP contribution is 2.32. The van der Waals surface area contributed by atoms with Gasteiger partial charge in [0, 0.05) is 19.1 Å². The second-order valence-electron chi connectivity index (χ2n) is 8.70. The Labute approximate surface area is 203 Å². The number of aliphatic hydroxyl groups excluding tert-OH is 1. The maximum atomic E-state index is 10.6. The van der Waals surface area contributed by atoms with Gasteiger partial charge in [0.2, 0.25) is 5.88 Å². The molecule has 0 saturated carbocycles. The lowest BCUT2D eigenvalue weighted by Gasteiger charge is -2.30. The molecule has 3 rings (SSSR count). The molecule has 182 valence electrons. The van der Waals surface area contributed by atoms with Gasteiger partial charge in [-0.3, -0.25) is 4.90 Å². The molecule has 0 aliphatic heterocycles. The van der Waals surface area contributed by atoms with Crippen molar-refractivity contribution in [3.8, 4) is 17.3 Å². The number of aryl methyl sites for hydroxylation is 2. The summed E-state index contributed by atoms with van der Waals surface area (Å²) >= 11 is 0.